The molecule has 8 nitrogen and oxygen atoms in total. The summed E-state index contributed by atoms with van der Waals surface area (Å²) in [4.78, 5) is 13.9. The predicted molar refractivity (Wildman–Crippen MR) is 131 cm³/mol. The molecule has 8 heteroatoms. The molecule has 0 spiro atoms. The highest BCUT2D eigenvalue weighted by atomic mass is 16.5. The molecule has 1 aliphatic carbocycles. The van der Waals surface area contributed by atoms with E-state index in [4.69, 9.17) is 9.47 Å². The average Bonchev–Trinajstić information content (AvgIpc) is 2.87. The molecule has 2 aromatic carbocycles. The minimum absolute atomic E-state index is 0.404. The second-order valence-electron chi connectivity index (χ2n) is 8.17. The maximum atomic E-state index is 5.41. The minimum atomic E-state index is 0.404. The van der Waals surface area contributed by atoms with Gasteiger partial charge in [-0.25, -0.2) is 0 Å². The third kappa shape index (κ3) is 6.47. The van der Waals surface area contributed by atoms with Crippen molar-refractivity contribution in [2.75, 3.05) is 30.2 Å². The molecule has 0 atom stereocenters. The summed E-state index contributed by atoms with van der Waals surface area (Å²) in [5, 5.41) is 10.2. The lowest BCUT2D eigenvalue weighted by atomic mass is 9.96. The maximum Gasteiger partial charge on any atom is 0.229 e. The average molecular weight is 449 g/mol. The van der Waals surface area contributed by atoms with E-state index in [1.54, 1.807) is 14.2 Å². The molecule has 0 aliphatic heterocycles. The third-order valence-electron chi connectivity index (χ3n) is 5.77. The highest BCUT2D eigenvalue weighted by Crippen LogP contribution is 2.28. The Morgan fingerprint density at radius 1 is 0.727 bits per heavy atom. The molecule has 1 saturated carbocycles. The van der Waals surface area contributed by atoms with Gasteiger partial charge >= 0.3 is 0 Å². The van der Waals surface area contributed by atoms with Crippen LogP contribution < -0.4 is 25.4 Å². The lowest BCUT2D eigenvalue weighted by molar-refractivity contribution is 0.354. The van der Waals surface area contributed by atoms with Crippen LogP contribution in [0.25, 0.3) is 0 Å². The van der Waals surface area contributed by atoms with Crippen LogP contribution in [0.2, 0.25) is 0 Å². The molecule has 1 aliphatic rings. The molecule has 3 N–H and O–H groups in total. The van der Waals surface area contributed by atoms with Crippen molar-refractivity contribution in [2.24, 2.45) is 0 Å². The highest BCUT2D eigenvalue weighted by molar-refractivity contribution is 5.46. The summed E-state index contributed by atoms with van der Waals surface area (Å²) in [5.74, 6) is 3.06. The van der Waals surface area contributed by atoms with Crippen LogP contribution in [0.5, 0.6) is 11.5 Å². The largest absolute Gasteiger partial charge is 0.493 e. The van der Waals surface area contributed by atoms with Gasteiger partial charge in [0.15, 0.2) is 11.5 Å². The van der Waals surface area contributed by atoms with Gasteiger partial charge in [0, 0.05) is 19.1 Å². The van der Waals surface area contributed by atoms with Gasteiger partial charge in [0.05, 0.1) is 14.2 Å². The molecular formula is C25H32N6O2. The van der Waals surface area contributed by atoms with Gasteiger partial charge < -0.3 is 25.4 Å². The summed E-state index contributed by atoms with van der Waals surface area (Å²) < 4.78 is 10.7. The van der Waals surface area contributed by atoms with E-state index in [-0.39, 0.29) is 0 Å². The normalized spacial score (nSPS) is 13.9. The first-order chi connectivity index (χ1) is 16.2. The summed E-state index contributed by atoms with van der Waals surface area (Å²) in [6.45, 7) is 1.19. The monoisotopic (exact) mass is 448 g/mol. The maximum absolute atomic E-state index is 5.41. The van der Waals surface area contributed by atoms with Crippen molar-refractivity contribution in [1.82, 2.24) is 15.0 Å². The number of benzene rings is 2. The second-order valence-corrected chi connectivity index (χ2v) is 8.17. The Balaban J connectivity index is 1.49. The van der Waals surface area contributed by atoms with Crippen molar-refractivity contribution in [3.63, 3.8) is 0 Å². The summed E-state index contributed by atoms with van der Waals surface area (Å²) in [5.41, 5.74) is 2.20. The van der Waals surface area contributed by atoms with Crippen LogP contribution >= 0.6 is 0 Å². The van der Waals surface area contributed by atoms with Gasteiger partial charge in [-0.3, -0.25) is 0 Å². The molecule has 33 heavy (non-hydrogen) atoms. The molecule has 1 fully saturated rings. The number of aromatic nitrogens is 3. The molecule has 0 amide bonds. The zero-order valence-corrected chi connectivity index (χ0v) is 19.3. The highest BCUT2D eigenvalue weighted by Gasteiger charge is 2.16. The predicted octanol–water partition coefficient (Wildman–Crippen LogP) is 4.86. The third-order valence-corrected chi connectivity index (χ3v) is 5.77. The smallest absolute Gasteiger partial charge is 0.229 e. The van der Waals surface area contributed by atoms with E-state index in [1.165, 1.54) is 24.8 Å². The summed E-state index contributed by atoms with van der Waals surface area (Å²) in [6.07, 6.45) is 6.08. The molecule has 3 aromatic rings. The van der Waals surface area contributed by atoms with Crippen LogP contribution in [-0.4, -0.2) is 35.2 Å². The van der Waals surface area contributed by atoms with Crippen LogP contribution in [-0.2, 0) is 13.1 Å². The number of nitrogens with one attached hydrogen (secondary N) is 3. The molecule has 4 rings (SSSR count). The van der Waals surface area contributed by atoms with Crippen molar-refractivity contribution in [3.8, 4) is 11.5 Å². The van der Waals surface area contributed by atoms with E-state index in [9.17, 15) is 0 Å². The molecule has 174 valence electrons. The lowest BCUT2D eigenvalue weighted by Gasteiger charge is -2.23. The van der Waals surface area contributed by atoms with Crippen LogP contribution in [0, 0.1) is 0 Å². The number of nitrogens with zero attached hydrogens (tertiary/aromatic N) is 3. The van der Waals surface area contributed by atoms with Gasteiger partial charge in [0.2, 0.25) is 17.8 Å². The van der Waals surface area contributed by atoms with Crippen LogP contribution in [0.4, 0.5) is 17.8 Å². The van der Waals surface area contributed by atoms with Crippen molar-refractivity contribution in [2.45, 2.75) is 51.2 Å². The topological polar surface area (TPSA) is 93.2 Å². The summed E-state index contributed by atoms with van der Waals surface area (Å²) in [7, 11) is 3.26. The lowest BCUT2D eigenvalue weighted by Crippen LogP contribution is -2.24. The van der Waals surface area contributed by atoms with E-state index < -0.39 is 0 Å². The number of anilines is 3. The molecule has 0 saturated heterocycles. The SMILES string of the molecule is COc1ccc(CNc2nc(NCc3ccccc3)nc(NC3CCCCC3)n2)cc1OC. The Kier molecular flexibility index (Phi) is 7.79. The van der Waals surface area contributed by atoms with Crippen LogP contribution in [0.3, 0.4) is 0 Å². The Bertz CT molecular complexity index is 1020. The zero-order valence-electron chi connectivity index (χ0n) is 19.3. The number of methoxy groups -OCH3 is 2. The minimum Gasteiger partial charge on any atom is -0.493 e. The van der Waals surface area contributed by atoms with E-state index >= 15 is 0 Å². The fourth-order valence-electron chi connectivity index (χ4n) is 3.98. The van der Waals surface area contributed by atoms with E-state index in [0.717, 1.165) is 18.4 Å². The van der Waals surface area contributed by atoms with Gasteiger partial charge in [-0.05, 0) is 36.1 Å². The van der Waals surface area contributed by atoms with Gasteiger partial charge in [0.1, 0.15) is 0 Å². The molecular weight excluding hydrogens is 416 g/mol. The first-order valence-corrected chi connectivity index (χ1v) is 11.5. The molecule has 0 radical (unpaired) electrons. The van der Waals surface area contributed by atoms with Gasteiger partial charge in [-0.2, -0.15) is 15.0 Å². The number of hydrogen-bond acceptors (Lipinski definition) is 8. The van der Waals surface area contributed by atoms with Crippen molar-refractivity contribution in [1.29, 1.82) is 0 Å². The fourth-order valence-corrected chi connectivity index (χ4v) is 3.98. The summed E-state index contributed by atoms with van der Waals surface area (Å²) >= 11 is 0. The Labute approximate surface area is 195 Å². The van der Waals surface area contributed by atoms with Crippen molar-refractivity contribution in [3.05, 3.63) is 59.7 Å². The molecule has 0 bridgehead atoms. The molecule has 1 aromatic heterocycles. The van der Waals surface area contributed by atoms with E-state index in [1.807, 2.05) is 36.4 Å². The van der Waals surface area contributed by atoms with Crippen LogP contribution in [0.1, 0.15) is 43.2 Å². The number of rotatable bonds is 10. The number of ether oxygens (including phenoxy) is 2. The van der Waals surface area contributed by atoms with Crippen molar-refractivity contribution < 1.29 is 9.47 Å². The zero-order chi connectivity index (χ0) is 22.9. The Hall–Kier alpha value is -3.55. The number of hydrogen-bond donors (Lipinski definition) is 3. The van der Waals surface area contributed by atoms with E-state index in [2.05, 4.69) is 43.0 Å². The summed E-state index contributed by atoms with van der Waals surface area (Å²) in [6, 6.07) is 16.4. The molecule has 0 unspecified atom stereocenters. The second kappa shape index (κ2) is 11.4. The van der Waals surface area contributed by atoms with Crippen LogP contribution in [0.15, 0.2) is 48.5 Å². The Morgan fingerprint density at radius 2 is 1.36 bits per heavy atom. The Morgan fingerprint density at radius 3 is 2.03 bits per heavy atom. The fraction of sp³-hybridized carbons (Fsp3) is 0.400. The quantitative estimate of drug-likeness (QED) is 0.405. The van der Waals surface area contributed by atoms with E-state index in [0.29, 0.717) is 48.5 Å². The first kappa shape index (κ1) is 22.6. The van der Waals surface area contributed by atoms with Gasteiger partial charge in [0.25, 0.3) is 0 Å². The van der Waals surface area contributed by atoms with Gasteiger partial charge in [-0.1, -0.05) is 55.7 Å². The standard InChI is InChI=1S/C25H32N6O2/c1-32-21-14-13-19(15-22(21)33-2)17-27-24-29-23(26-16-18-9-5-3-6-10-18)30-25(31-24)28-20-11-7-4-8-12-20/h3,5-6,9-10,13-15,20H,4,7-8,11-12,16-17H2,1-2H3,(H3,26,27,28,29,30,31). The molecule has 1 heterocycles. The van der Waals surface area contributed by atoms with Gasteiger partial charge in [-0.15, -0.1) is 0 Å². The van der Waals surface area contributed by atoms with Crippen molar-refractivity contribution >= 4 is 17.8 Å². The first-order valence-electron chi connectivity index (χ1n) is 11.5.